The smallest absolute Gasteiger partial charge is 0.0406 e. The Labute approximate surface area is 125 Å². The number of halogens is 1. The fraction of sp³-hybridized carbons (Fsp3) is 0.294. The summed E-state index contributed by atoms with van der Waals surface area (Å²) in [6, 6.07) is 16.7. The first-order valence-corrected chi connectivity index (χ1v) is 7.36. The van der Waals surface area contributed by atoms with Crippen LogP contribution in [0.15, 0.2) is 48.5 Å². The third kappa shape index (κ3) is 2.97. The first kappa shape index (κ1) is 13.5. The molecule has 1 atom stereocenters. The summed E-state index contributed by atoms with van der Waals surface area (Å²) in [6.45, 7) is 3.05. The highest BCUT2D eigenvalue weighted by Crippen LogP contribution is 2.31. The Morgan fingerprint density at radius 3 is 2.70 bits per heavy atom. The van der Waals surface area contributed by atoms with E-state index < -0.39 is 0 Å². The summed E-state index contributed by atoms with van der Waals surface area (Å²) in [6.07, 6.45) is 0. The van der Waals surface area contributed by atoms with Crippen molar-refractivity contribution in [2.24, 2.45) is 0 Å². The van der Waals surface area contributed by atoms with Gasteiger partial charge >= 0.3 is 0 Å². The summed E-state index contributed by atoms with van der Waals surface area (Å²) < 4.78 is 0. The quantitative estimate of drug-likeness (QED) is 0.914. The van der Waals surface area contributed by atoms with E-state index in [4.69, 9.17) is 11.6 Å². The zero-order chi connectivity index (χ0) is 13.9. The van der Waals surface area contributed by atoms with Crippen molar-refractivity contribution in [1.82, 2.24) is 4.90 Å². The number of hydrogen-bond acceptors (Lipinski definition) is 2. The number of nitrogens with zero attached hydrogens (tertiary/aromatic N) is 1. The van der Waals surface area contributed by atoms with Crippen LogP contribution in [0.5, 0.6) is 0 Å². The molecule has 0 aliphatic carbocycles. The highest BCUT2D eigenvalue weighted by molar-refractivity contribution is 6.30. The molecule has 1 N–H and O–H groups in total. The van der Waals surface area contributed by atoms with E-state index in [1.165, 1.54) is 16.8 Å². The van der Waals surface area contributed by atoms with Gasteiger partial charge in [0.05, 0.1) is 0 Å². The molecule has 0 amide bonds. The Bertz CT molecular complexity index is 580. The van der Waals surface area contributed by atoms with Crippen LogP contribution in [-0.2, 0) is 6.54 Å². The second kappa shape index (κ2) is 5.86. The summed E-state index contributed by atoms with van der Waals surface area (Å²) in [4.78, 5) is 2.37. The molecule has 1 unspecified atom stereocenters. The van der Waals surface area contributed by atoms with Crippen molar-refractivity contribution in [3.05, 3.63) is 64.7 Å². The summed E-state index contributed by atoms with van der Waals surface area (Å²) in [7, 11) is 2.18. The van der Waals surface area contributed by atoms with Crippen LogP contribution >= 0.6 is 11.6 Å². The van der Waals surface area contributed by atoms with E-state index in [1.54, 1.807) is 0 Å². The summed E-state index contributed by atoms with van der Waals surface area (Å²) >= 11 is 5.92. The molecule has 0 saturated carbocycles. The Balaban J connectivity index is 1.62. The average Bonchev–Trinajstić information content (AvgIpc) is 2.85. The van der Waals surface area contributed by atoms with Crippen LogP contribution < -0.4 is 5.32 Å². The van der Waals surface area contributed by atoms with Crippen LogP contribution in [0.2, 0.25) is 5.02 Å². The van der Waals surface area contributed by atoms with Crippen molar-refractivity contribution in [2.45, 2.75) is 12.5 Å². The number of benzene rings is 2. The molecule has 2 aromatic carbocycles. The molecular weight excluding hydrogens is 268 g/mol. The van der Waals surface area contributed by atoms with Crippen LogP contribution in [-0.4, -0.2) is 25.0 Å². The number of nitrogens with one attached hydrogen (secondary N) is 1. The van der Waals surface area contributed by atoms with Crippen LogP contribution in [0.25, 0.3) is 0 Å². The molecule has 0 fully saturated rings. The lowest BCUT2D eigenvalue weighted by molar-refractivity contribution is 0.309. The number of fused-ring (bicyclic) bond motifs is 1. The third-order valence-electron chi connectivity index (χ3n) is 3.84. The van der Waals surface area contributed by atoms with Crippen LogP contribution in [0, 0.1) is 0 Å². The lowest BCUT2D eigenvalue weighted by Gasteiger charge is -2.21. The second-order valence-corrected chi connectivity index (χ2v) is 5.92. The van der Waals surface area contributed by atoms with Crippen molar-refractivity contribution in [3.8, 4) is 0 Å². The van der Waals surface area contributed by atoms with E-state index in [-0.39, 0.29) is 0 Å². The van der Waals surface area contributed by atoms with Crippen LogP contribution in [0.4, 0.5) is 5.69 Å². The van der Waals surface area contributed by atoms with Crippen molar-refractivity contribution in [2.75, 3.05) is 25.5 Å². The molecule has 0 saturated heterocycles. The monoisotopic (exact) mass is 286 g/mol. The largest absolute Gasteiger partial charge is 0.384 e. The maximum Gasteiger partial charge on any atom is 0.0406 e. The van der Waals surface area contributed by atoms with E-state index >= 15 is 0 Å². The minimum atomic E-state index is 0.573. The van der Waals surface area contributed by atoms with E-state index in [2.05, 4.69) is 53.7 Å². The molecule has 2 nitrogen and oxygen atoms in total. The Morgan fingerprint density at radius 1 is 1.15 bits per heavy atom. The molecule has 104 valence electrons. The van der Waals surface area contributed by atoms with Gasteiger partial charge in [-0.2, -0.15) is 0 Å². The number of rotatable bonds is 4. The van der Waals surface area contributed by atoms with Gasteiger partial charge in [0.15, 0.2) is 0 Å². The molecule has 0 bridgehead atoms. The normalized spacial score (nSPS) is 17.1. The lowest BCUT2D eigenvalue weighted by atomic mass is 10.0. The van der Waals surface area contributed by atoms with E-state index in [0.29, 0.717) is 5.92 Å². The minimum absolute atomic E-state index is 0.573. The predicted octanol–water partition coefficient (Wildman–Crippen LogP) is 3.98. The predicted molar refractivity (Wildman–Crippen MR) is 85.5 cm³/mol. The van der Waals surface area contributed by atoms with Crippen LogP contribution in [0.3, 0.4) is 0 Å². The highest BCUT2D eigenvalue weighted by Gasteiger charge is 2.22. The second-order valence-electron chi connectivity index (χ2n) is 5.49. The van der Waals surface area contributed by atoms with Gasteiger partial charge in [-0.05, 0) is 36.4 Å². The van der Waals surface area contributed by atoms with Crippen molar-refractivity contribution in [1.29, 1.82) is 0 Å². The molecule has 0 aromatic heterocycles. The Morgan fingerprint density at radius 2 is 1.90 bits per heavy atom. The van der Waals surface area contributed by atoms with E-state index in [9.17, 15) is 0 Å². The average molecular weight is 287 g/mol. The number of likely N-dealkylation sites (N-methyl/N-ethyl adjacent to an activating group) is 1. The van der Waals surface area contributed by atoms with Crippen molar-refractivity contribution < 1.29 is 0 Å². The van der Waals surface area contributed by atoms with Gasteiger partial charge in [-0.15, -0.1) is 0 Å². The molecule has 1 aliphatic heterocycles. The van der Waals surface area contributed by atoms with E-state index in [0.717, 1.165) is 24.7 Å². The summed E-state index contributed by atoms with van der Waals surface area (Å²) in [5.74, 6) is 0.573. The van der Waals surface area contributed by atoms with Gasteiger partial charge in [-0.1, -0.05) is 41.9 Å². The van der Waals surface area contributed by atoms with Gasteiger partial charge in [0, 0.05) is 36.3 Å². The molecule has 1 aliphatic rings. The van der Waals surface area contributed by atoms with Gasteiger partial charge in [0.2, 0.25) is 0 Å². The van der Waals surface area contributed by atoms with Gasteiger partial charge in [0.1, 0.15) is 0 Å². The Hall–Kier alpha value is -1.51. The van der Waals surface area contributed by atoms with E-state index in [1.807, 2.05) is 12.1 Å². The maximum atomic E-state index is 5.92. The lowest BCUT2D eigenvalue weighted by Crippen LogP contribution is -2.25. The number of para-hydroxylation sites is 1. The number of hydrogen-bond donors (Lipinski definition) is 1. The summed E-state index contributed by atoms with van der Waals surface area (Å²) in [5, 5.41) is 4.28. The first-order valence-electron chi connectivity index (χ1n) is 6.98. The first-order chi connectivity index (χ1) is 9.72. The van der Waals surface area contributed by atoms with Gasteiger partial charge in [-0.3, -0.25) is 0 Å². The fourth-order valence-electron chi connectivity index (χ4n) is 2.86. The molecule has 20 heavy (non-hydrogen) atoms. The van der Waals surface area contributed by atoms with Crippen LogP contribution in [0.1, 0.15) is 17.0 Å². The fourth-order valence-corrected chi connectivity index (χ4v) is 2.99. The standard InChI is InChI=1S/C17H19ClN2/c1-20(11-13-6-8-15(18)9-7-13)12-14-10-19-17-5-3-2-4-16(14)17/h2-9,14,19H,10-12H2,1H3. The molecule has 0 spiro atoms. The van der Waals surface area contributed by atoms with Crippen molar-refractivity contribution >= 4 is 17.3 Å². The molecule has 0 radical (unpaired) electrons. The Kier molecular flexibility index (Phi) is 3.95. The van der Waals surface area contributed by atoms with Crippen molar-refractivity contribution in [3.63, 3.8) is 0 Å². The minimum Gasteiger partial charge on any atom is -0.384 e. The molecular formula is C17H19ClN2. The third-order valence-corrected chi connectivity index (χ3v) is 4.09. The SMILES string of the molecule is CN(Cc1ccc(Cl)cc1)CC1CNc2ccccc21. The highest BCUT2D eigenvalue weighted by atomic mass is 35.5. The zero-order valence-electron chi connectivity index (χ0n) is 11.6. The van der Waals surface area contributed by atoms with Gasteiger partial charge in [-0.25, -0.2) is 0 Å². The molecule has 1 heterocycles. The molecule has 2 aromatic rings. The van der Waals surface area contributed by atoms with Gasteiger partial charge < -0.3 is 10.2 Å². The molecule has 3 rings (SSSR count). The summed E-state index contributed by atoms with van der Waals surface area (Å²) in [5.41, 5.74) is 4.03. The number of anilines is 1. The zero-order valence-corrected chi connectivity index (χ0v) is 12.4. The van der Waals surface area contributed by atoms with Gasteiger partial charge in [0.25, 0.3) is 0 Å². The topological polar surface area (TPSA) is 15.3 Å². The maximum absolute atomic E-state index is 5.92. The molecule has 3 heteroatoms.